The molecule has 0 radical (unpaired) electrons. The smallest absolute Gasteiger partial charge is 0.271 e. The van der Waals surface area contributed by atoms with Gasteiger partial charge >= 0.3 is 18.2 Å². The van der Waals surface area contributed by atoms with Crippen LogP contribution in [0, 0.1) is 0 Å². The molecule has 10 heavy (non-hydrogen) atoms. The largest absolute Gasteiger partial charge is 0.348 e. The summed E-state index contributed by atoms with van der Waals surface area (Å²) in [6.45, 7) is -3.60. The van der Waals surface area contributed by atoms with E-state index in [-0.39, 0.29) is 0 Å². The molecule has 0 N–H and O–H groups in total. The van der Waals surface area contributed by atoms with Crippen molar-refractivity contribution in [1.29, 1.82) is 0 Å². The lowest BCUT2D eigenvalue weighted by Crippen LogP contribution is -2.30. The monoisotopic (exact) mass is 182 g/mol. The molecule has 0 fully saturated rings. The molecular weight excluding hydrogens is 179 g/mol. The number of halogens is 5. The van der Waals surface area contributed by atoms with Gasteiger partial charge in [-0.25, -0.2) is 8.78 Å². The summed E-state index contributed by atoms with van der Waals surface area (Å²) in [5.74, 6) is 0. The Morgan fingerprint density at radius 2 is 1.60 bits per heavy atom. The molecule has 0 saturated carbocycles. The van der Waals surface area contributed by atoms with Gasteiger partial charge in [0.05, 0.1) is 0 Å². The lowest BCUT2D eigenvalue weighted by molar-refractivity contribution is -0.254. The second-order valence-electron chi connectivity index (χ2n) is 1.29. The third-order valence-corrected chi connectivity index (χ3v) is 0.824. The highest BCUT2D eigenvalue weighted by Gasteiger charge is 2.40. The molecule has 0 aromatic carbocycles. The summed E-state index contributed by atoms with van der Waals surface area (Å²) < 4.78 is 59.3. The van der Waals surface area contributed by atoms with E-state index < -0.39 is 18.2 Å². The Morgan fingerprint density at radius 3 is 1.70 bits per heavy atom. The average molecular weight is 182 g/mol. The summed E-state index contributed by atoms with van der Waals surface area (Å²) in [5.41, 5.74) is 0. The third kappa shape index (κ3) is 3.21. The van der Waals surface area contributed by atoms with Crippen LogP contribution in [0.3, 0.4) is 0 Å². The van der Waals surface area contributed by atoms with Gasteiger partial charge in [0.2, 0.25) is 0 Å². The van der Waals surface area contributed by atoms with Crippen molar-refractivity contribution in [1.82, 2.24) is 0 Å². The number of hydrogen-bond acceptors (Lipinski definition) is 2. The molecule has 0 bridgehead atoms. The average Bonchev–Trinajstić information content (AvgIpc) is 1.60. The topological polar surface area (TPSA) is 9.23 Å². The summed E-state index contributed by atoms with van der Waals surface area (Å²) in [6, 6.07) is 0. The Hall–Kier alpha value is -0.0400. The first-order valence-corrected chi connectivity index (χ1v) is 2.46. The quantitative estimate of drug-likeness (QED) is 0.399. The first-order valence-electron chi connectivity index (χ1n) is 2.01. The highest BCUT2D eigenvalue weighted by Crippen LogP contribution is 2.28. The van der Waals surface area contributed by atoms with E-state index in [1.54, 1.807) is 0 Å². The van der Waals surface area contributed by atoms with Gasteiger partial charge in [-0.1, -0.05) is 0 Å². The summed E-state index contributed by atoms with van der Waals surface area (Å²) >= 11 is 2.50. The van der Waals surface area contributed by atoms with Gasteiger partial charge in [0.25, 0.3) is 0 Å². The van der Waals surface area contributed by atoms with Crippen LogP contribution in [0.2, 0.25) is 0 Å². The maximum atomic E-state index is 11.9. The van der Waals surface area contributed by atoms with Crippen LogP contribution in [0.4, 0.5) is 22.0 Å². The minimum atomic E-state index is -3.87. The molecular formula is C3H3F5OS. The molecule has 7 heteroatoms. The lowest BCUT2D eigenvalue weighted by atomic mass is 10.7. The fourth-order valence-electron chi connectivity index (χ4n) is 0.176. The van der Waals surface area contributed by atoms with Crippen molar-refractivity contribution in [3.05, 3.63) is 0 Å². The van der Waals surface area contributed by atoms with Crippen LogP contribution in [0.15, 0.2) is 0 Å². The van der Waals surface area contributed by atoms with Gasteiger partial charge in [0.1, 0.15) is 0 Å². The summed E-state index contributed by atoms with van der Waals surface area (Å²) in [4.78, 5) is 0. The molecule has 0 spiro atoms. The molecule has 1 atom stereocenters. The molecule has 0 amide bonds. The van der Waals surface area contributed by atoms with Gasteiger partial charge < -0.3 is 0 Å². The van der Waals surface area contributed by atoms with E-state index in [1.165, 1.54) is 0 Å². The normalized spacial score (nSPS) is 18.0. The third-order valence-electron chi connectivity index (χ3n) is 0.524. The maximum absolute atomic E-state index is 11.9. The molecule has 0 aliphatic rings. The zero-order valence-corrected chi connectivity index (χ0v) is 5.29. The fourth-order valence-corrected chi connectivity index (χ4v) is 0.256. The predicted octanol–water partition coefficient (Wildman–Crippen LogP) is 2.04. The van der Waals surface area contributed by atoms with Gasteiger partial charge in [0, 0.05) is 0 Å². The molecule has 0 rings (SSSR count). The minimum absolute atomic E-state index is 2.50. The molecule has 62 valence electrons. The van der Waals surface area contributed by atoms with E-state index in [2.05, 4.69) is 17.4 Å². The standard InChI is InChI=1S/C3H3F5OS/c4-1(5)3(8,10)9-2(6)7/h1-2,10H. The molecule has 0 aromatic rings. The van der Waals surface area contributed by atoms with Crippen LogP contribution in [0.25, 0.3) is 0 Å². The van der Waals surface area contributed by atoms with Gasteiger partial charge in [-0.15, -0.1) is 12.6 Å². The second-order valence-corrected chi connectivity index (χ2v) is 1.90. The van der Waals surface area contributed by atoms with E-state index in [1.807, 2.05) is 0 Å². The van der Waals surface area contributed by atoms with E-state index >= 15 is 0 Å². The number of alkyl halides is 5. The highest BCUT2D eigenvalue weighted by atomic mass is 32.1. The van der Waals surface area contributed by atoms with Crippen molar-refractivity contribution in [2.75, 3.05) is 0 Å². The van der Waals surface area contributed by atoms with Crippen LogP contribution in [0.1, 0.15) is 0 Å². The van der Waals surface area contributed by atoms with Crippen molar-refractivity contribution in [2.24, 2.45) is 0 Å². The Bertz CT molecular complexity index is 105. The minimum Gasteiger partial charge on any atom is -0.271 e. The van der Waals surface area contributed by atoms with E-state index in [0.29, 0.717) is 0 Å². The molecule has 0 aliphatic heterocycles. The highest BCUT2D eigenvalue weighted by molar-refractivity contribution is 7.81. The van der Waals surface area contributed by atoms with Crippen molar-refractivity contribution < 1.29 is 26.7 Å². The van der Waals surface area contributed by atoms with Gasteiger partial charge in [-0.2, -0.15) is 13.2 Å². The molecule has 0 heterocycles. The number of ether oxygens (including phenoxy) is 1. The van der Waals surface area contributed by atoms with Crippen LogP contribution in [0.5, 0.6) is 0 Å². The molecule has 1 unspecified atom stereocenters. The number of hydrogen-bond donors (Lipinski definition) is 1. The zero-order valence-electron chi connectivity index (χ0n) is 4.40. The Labute approximate surface area is 58.6 Å². The molecule has 0 saturated heterocycles. The van der Waals surface area contributed by atoms with Gasteiger partial charge in [-0.3, -0.25) is 4.74 Å². The van der Waals surface area contributed by atoms with Gasteiger partial charge in [0.15, 0.2) is 0 Å². The molecule has 0 aromatic heterocycles. The van der Waals surface area contributed by atoms with Crippen LogP contribution in [-0.2, 0) is 4.74 Å². The van der Waals surface area contributed by atoms with Crippen LogP contribution >= 0.6 is 12.6 Å². The Balaban J connectivity index is 3.87. The second kappa shape index (κ2) is 3.38. The lowest BCUT2D eigenvalue weighted by Gasteiger charge is -2.17. The van der Waals surface area contributed by atoms with Crippen LogP contribution < -0.4 is 0 Å². The van der Waals surface area contributed by atoms with Crippen molar-refractivity contribution >= 4 is 12.6 Å². The van der Waals surface area contributed by atoms with Crippen molar-refractivity contribution in [3.63, 3.8) is 0 Å². The summed E-state index contributed by atoms with van der Waals surface area (Å²) in [7, 11) is 0. The Morgan fingerprint density at radius 1 is 1.20 bits per heavy atom. The van der Waals surface area contributed by atoms with Crippen molar-refractivity contribution in [2.45, 2.75) is 18.2 Å². The maximum Gasteiger partial charge on any atom is 0.348 e. The first kappa shape index (κ1) is 9.96. The molecule has 1 nitrogen and oxygen atoms in total. The first-order chi connectivity index (χ1) is 4.36. The zero-order chi connectivity index (χ0) is 8.36. The number of rotatable bonds is 3. The Kier molecular flexibility index (Phi) is 3.37. The molecule has 0 aliphatic carbocycles. The van der Waals surface area contributed by atoms with Gasteiger partial charge in [-0.05, 0) is 0 Å². The van der Waals surface area contributed by atoms with Crippen LogP contribution in [-0.4, -0.2) is 18.2 Å². The number of thiol groups is 1. The SMILES string of the molecule is FC(F)OC(F)(S)C(F)F. The summed E-state index contributed by atoms with van der Waals surface area (Å²) in [6.07, 6.45) is -3.70. The fraction of sp³-hybridized carbons (Fsp3) is 1.00. The van der Waals surface area contributed by atoms with E-state index in [4.69, 9.17) is 0 Å². The predicted molar refractivity (Wildman–Crippen MR) is 25.9 cm³/mol. The van der Waals surface area contributed by atoms with Crippen molar-refractivity contribution in [3.8, 4) is 0 Å². The summed E-state index contributed by atoms with van der Waals surface area (Å²) in [5, 5.41) is -3.87. The van der Waals surface area contributed by atoms with E-state index in [0.717, 1.165) is 0 Å². The van der Waals surface area contributed by atoms with E-state index in [9.17, 15) is 22.0 Å².